The second kappa shape index (κ2) is 11.3. The molecule has 3 N–H and O–H groups in total. The number of carbonyl (C=O) groups excluding carboxylic acids is 1. The highest BCUT2D eigenvalue weighted by Crippen LogP contribution is 2.26. The van der Waals surface area contributed by atoms with Gasteiger partial charge in [-0.1, -0.05) is 11.3 Å². The molecule has 30 heavy (non-hydrogen) atoms. The first-order valence-electron chi connectivity index (χ1n) is 9.35. The minimum atomic E-state index is -4.10. The SMILES string of the molecule is CCN(CC)c1ccc(/C=C/c2scc[n+]2CC(=O)NCCSS(=O)(=O)O)c(O)c1. The predicted molar refractivity (Wildman–Crippen MR) is 122 cm³/mol. The monoisotopic (exact) mass is 472 g/mol. The number of aromatic hydroxyl groups is 1. The second-order valence-corrected chi connectivity index (χ2v) is 10.6. The van der Waals surface area contributed by atoms with E-state index < -0.39 is 9.15 Å². The van der Waals surface area contributed by atoms with Crippen molar-refractivity contribution < 1.29 is 27.4 Å². The number of nitrogens with zero attached hydrogens (tertiary/aromatic N) is 2. The lowest BCUT2D eigenvalue weighted by atomic mass is 10.1. The molecule has 2 aromatic rings. The van der Waals surface area contributed by atoms with Crippen molar-refractivity contribution in [2.75, 3.05) is 30.3 Å². The fourth-order valence-electron chi connectivity index (χ4n) is 2.75. The first-order chi connectivity index (χ1) is 14.2. The van der Waals surface area contributed by atoms with Crippen LogP contribution in [0.1, 0.15) is 24.4 Å². The number of phenols is 1. The van der Waals surface area contributed by atoms with Crippen LogP contribution in [0.3, 0.4) is 0 Å². The molecule has 0 fully saturated rings. The Morgan fingerprint density at radius 3 is 2.67 bits per heavy atom. The van der Waals surface area contributed by atoms with Gasteiger partial charge in [0.25, 0.3) is 10.9 Å². The molecule has 0 aliphatic rings. The molecule has 0 spiro atoms. The number of phenolic OH excluding ortho intramolecular Hbond substituents is 1. The maximum Gasteiger partial charge on any atom is 0.319 e. The molecule has 0 bridgehead atoms. The van der Waals surface area contributed by atoms with E-state index in [9.17, 15) is 18.3 Å². The highest BCUT2D eigenvalue weighted by Gasteiger charge is 2.15. The zero-order valence-electron chi connectivity index (χ0n) is 16.8. The highest BCUT2D eigenvalue weighted by atomic mass is 33.1. The number of nitrogens with one attached hydrogen (secondary N) is 1. The third kappa shape index (κ3) is 7.63. The van der Waals surface area contributed by atoms with Gasteiger partial charge in [0.05, 0.1) is 5.38 Å². The Kier molecular flexibility index (Phi) is 9.15. The Bertz CT molecular complexity index is 985. The first-order valence-corrected chi connectivity index (χ1v) is 13.2. The van der Waals surface area contributed by atoms with Gasteiger partial charge in [0.1, 0.15) is 5.75 Å². The van der Waals surface area contributed by atoms with Gasteiger partial charge in [0, 0.05) is 48.8 Å². The molecule has 8 nitrogen and oxygen atoms in total. The zero-order chi connectivity index (χ0) is 22.1. The van der Waals surface area contributed by atoms with Crippen LogP contribution in [0.5, 0.6) is 5.75 Å². The van der Waals surface area contributed by atoms with E-state index in [-0.39, 0.29) is 30.5 Å². The minimum absolute atomic E-state index is 0.0639. The van der Waals surface area contributed by atoms with Crippen LogP contribution in [-0.2, 0) is 20.5 Å². The van der Waals surface area contributed by atoms with Crippen LogP contribution in [0.15, 0.2) is 29.8 Å². The van der Waals surface area contributed by atoms with Crippen molar-refractivity contribution in [2.45, 2.75) is 20.4 Å². The van der Waals surface area contributed by atoms with Crippen LogP contribution in [0.4, 0.5) is 5.69 Å². The van der Waals surface area contributed by atoms with E-state index in [2.05, 4.69) is 24.1 Å². The first kappa shape index (κ1) is 24.2. The summed E-state index contributed by atoms with van der Waals surface area (Å²) in [5.74, 6) is -0.0164. The summed E-state index contributed by atoms with van der Waals surface area (Å²) in [7, 11) is -3.73. The normalized spacial score (nSPS) is 11.7. The van der Waals surface area contributed by atoms with E-state index in [0.29, 0.717) is 16.4 Å². The summed E-state index contributed by atoms with van der Waals surface area (Å²) >= 11 is 1.45. The van der Waals surface area contributed by atoms with Crippen molar-refractivity contribution in [1.29, 1.82) is 0 Å². The maximum atomic E-state index is 12.1. The van der Waals surface area contributed by atoms with E-state index in [4.69, 9.17) is 4.55 Å². The summed E-state index contributed by atoms with van der Waals surface area (Å²) in [4.78, 5) is 14.2. The van der Waals surface area contributed by atoms with Crippen molar-refractivity contribution in [3.05, 3.63) is 40.3 Å². The summed E-state index contributed by atoms with van der Waals surface area (Å²) in [5.41, 5.74) is 1.64. The standard InChI is InChI=1S/C19H25N3O5S3/c1-3-21(4-2)16-7-5-15(17(23)13-16)6-8-19-22(10-12-28-19)14-18(24)20-9-11-29-30(25,26)27/h5-8,10,12-13H,3-4,9,11,14H2,1-2H3,(H2,20,24,25,26,27)/p+1. The third-order valence-corrected chi connectivity index (χ3v) is 7.16. The number of thiazole rings is 1. The molecule has 0 saturated carbocycles. The molecule has 0 aliphatic heterocycles. The number of rotatable bonds is 11. The van der Waals surface area contributed by atoms with Gasteiger partial charge in [-0.15, -0.1) is 0 Å². The van der Waals surface area contributed by atoms with Crippen molar-refractivity contribution in [2.24, 2.45) is 0 Å². The number of benzene rings is 1. The quantitative estimate of drug-likeness (QED) is 0.199. The lowest BCUT2D eigenvalue weighted by Gasteiger charge is -2.21. The Morgan fingerprint density at radius 1 is 1.30 bits per heavy atom. The topological polar surface area (TPSA) is 111 Å². The van der Waals surface area contributed by atoms with E-state index in [1.54, 1.807) is 22.9 Å². The largest absolute Gasteiger partial charge is 0.507 e. The van der Waals surface area contributed by atoms with Gasteiger partial charge < -0.3 is 15.3 Å². The van der Waals surface area contributed by atoms with Gasteiger partial charge in [-0.05, 0) is 42.9 Å². The molecule has 0 unspecified atom stereocenters. The Hall–Kier alpha value is -2.08. The smallest absolute Gasteiger partial charge is 0.319 e. The number of amides is 1. The summed E-state index contributed by atoms with van der Waals surface area (Å²) in [5, 5.41) is 15.6. The summed E-state index contributed by atoms with van der Waals surface area (Å²) in [6.07, 6.45) is 5.41. The molecular formula is C19H26N3O5S3+. The predicted octanol–water partition coefficient (Wildman–Crippen LogP) is 2.41. The van der Waals surface area contributed by atoms with Gasteiger partial charge in [0.15, 0.2) is 6.20 Å². The molecule has 1 aromatic carbocycles. The van der Waals surface area contributed by atoms with E-state index in [1.807, 2.05) is 23.6 Å². The van der Waals surface area contributed by atoms with Crippen LogP contribution < -0.4 is 14.8 Å². The summed E-state index contributed by atoms with van der Waals surface area (Å²) in [6, 6.07) is 5.57. The lowest BCUT2D eigenvalue weighted by molar-refractivity contribution is -0.681. The van der Waals surface area contributed by atoms with Crippen molar-refractivity contribution >= 4 is 55.0 Å². The Labute approximate surface area is 184 Å². The molecule has 0 atom stereocenters. The van der Waals surface area contributed by atoms with E-state index in [0.717, 1.165) is 23.8 Å². The molecule has 11 heteroatoms. The van der Waals surface area contributed by atoms with Crippen molar-refractivity contribution in [1.82, 2.24) is 5.32 Å². The molecule has 0 radical (unpaired) electrons. The molecule has 1 aromatic heterocycles. The third-order valence-electron chi connectivity index (χ3n) is 4.23. The highest BCUT2D eigenvalue weighted by molar-refractivity contribution is 8.69. The Morgan fingerprint density at radius 2 is 2.03 bits per heavy atom. The van der Waals surface area contributed by atoms with Crippen LogP contribution >= 0.6 is 22.1 Å². The number of hydrogen-bond donors (Lipinski definition) is 3. The number of hydrogen-bond acceptors (Lipinski definition) is 7. The Balaban J connectivity index is 1.98. The van der Waals surface area contributed by atoms with Crippen LogP contribution in [0, 0.1) is 0 Å². The molecule has 164 valence electrons. The van der Waals surface area contributed by atoms with E-state index in [1.165, 1.54) is 11.3 Å². The average molecular weight is 473 g/mol. The van der Waals surface area contributed by atoms with Gasteiger partial charge in [-0.3, -0.25) is 9.35 Å². The molecule has 0 aliphatic carbocycles. The van der Waals surface area contributed by atoms with Crippen LogP contribution in [0.25, 0.3) is 12.2 Å². The van der Waals surface area contributed by atoms with Crippen molar-refractivity contribution in [3.63, 3.8) is 0 Å². The molecule has 1 heterocycles. The van der Waals surface area contributed by atoms with Gasteiger partial charge >= 0.3 is 9.15 Å². The molecular weight excluding hydrogens is 446 g/mol. The zero-order valence-corrected chi connectivity index (χ0v) is 19.3. The molecule has 1 amide bonds. The molecule has 2 rings (SSSR count). The number of aromatic nitrogens is 1. The summed E-state index contributed by atoms with van der Waals surface area (Å²) < 4.78 is 31.7. The fraction of sp³-hybridized carbons (Fsp3) is 0.368. The van der Waals surface area contributed by atoms with Gasteiger partial charge in [-0.2, -0.15) is 13.0 Å². The number of carbonyl (C=O) groups is 1. The van der Waals surface area contributed by atoms with Crippen molar-refractivity contribution in [3.8, 4) is 5.75 Å². The van der Waals surface area contributed by atoms with Crippen LogP contribution in [-0.4, -0.2) is 49.4 Å². The maximum absolute atomic E-state index is 12.1. The second-order valence-electron chi connectivity index (χ2n) is 6.22. The van der Waals surface area contributed by atoms with Gasteiger partial charge in [0.2, 0.25) is 6.54 Å². The van der Waals surface area contributed by atoms with Crippen LogP contribution in [0.2, 0.25) is 0 Å². The van der Waals surface area contributed by atoms with E-state index >= 15 is 0 Å². The minimum Gasteiger partial charge on any atom is -0.507 e. The lowest BCUT2D eigenvalue weighted by Crippen LogP contribution is -2.43. The van der Waals surface area contributed by atoms with Gasteiger partial charge in [-0.25, -0.2) is 0 Å². The molecule has 0 saturated heterocycles. The average Bonchev–Trinajstić information content (AvgIpc) is 3.11. The fourth-order valence-corrected chi connectivity index (χ4v) is 4.78. The summed E-state index contributed by atoms with van der Waals surface area (Å²) in [6.45, 7) is 6.05. The number of anilines is 1.